The third kappa shape index (κ3) is 3.01. The standard InChI is InChI=1S/C13H21N5O/c1-4-6-18-13(14-9-15-18)8-12(19)11-7-10(5-2)16-17(11)3/h7,9,12,19H,4-6,8H2,1-3H3. The van der Waals surface area contributed by atoms with Crippen LogP contribution in [0.25, 0.3) is 0 Å². The number of aliphatic hydroxyl groups is 1. The minimum atomic E-state index is -0.599. The average molecular weight is 263 g/mol. The maximum Gasteiger partial charge on any atom is 0.138 e. The van der Waals surface area contributed by atoms with Gasteiger partial charge in [0.15, 0.2) is 0 Å². The Hall–Kier alpha value is -1.69. The molecule has 0 bridgehead atoms. The molecule has 2 aromatic rings. The number of hydrogen-bond donors (Lipinski definition) is 1. The van der Waals surface area contributed by atoms with Crippen molar-refractivity contribution in [3.05, 3.63) is 29.6 Å². The highest BCUT2D eigenvalue weighted by Gasteiger charge is 2.17. The summed E-state index contributed by atoms with van der Waals surface area (Å²) in [5, 5.41) is 18.9. The number of aliphatic hydroxyl groups excluding tert-OH is 1. The zero-order valence-electron chi connectivity index (χ0n) is 11.7. The van der Waals surface area contributed by atoms with Gasteiger partial charge >= 0.3 is 0 Å². The van der Waals surface area contributed by atoms with Gasteiger partial charge in [0.05, 0.1) is 11.4 Å². The Labute approximate surface area is 113 Å². The molecule has 2 aromatic heterocycles. The van der Waals surface area contributed by atoms with Gasteiger partial charge in [0.1, 0.15) is 18.3 Å². The van der Waals surface area contributed by atoms with Crippen LogP contribution in [0.5, 0.6) is 0 Å². The van der Waals surface area contributed by atoms with Crippen LogP contribution < -0.4 is 0 Å². The van der Waals surface area contributed by atoms with Gasteiger partial charge in [-0.25, -0.2) is 4.98 Å². The van der Waals surface area contributed by atoms with Gasteiger partial charge in [-0.1, -0.05) is 13.8 Å². The lowest BCUT2D eigenvalue weighted by molar-refractivity contribution is 0.164. The molecule has 0 aromatic carbocycles. The topological polar surface area (TPSA) is 68.8 Å². The molecule has 2 heterocycles. The van der Waals surface area contributed by atoms with Gasteiger partial charge in [-0.3, -0.25) is 9.36 Å². The summed E-state index contributed by atoms with van der Waals surface area (Å²) in [4.78, 5) is 4.22. The molecule has 19 heavy (non-hydrogen) atoms. The molecule has 1 atom stereocenters. The Bertz CT molecular complexity index is 531. The lowest BCUT2D eigenvalue weighted by Crippen LogP contribution is -2.13. The Balaban J connectivity index is 2.13. The molecule has 6 nitrogen and oxygen atoms in total. The molecule has 0 aliphatic rings. The summed E-state index contributed by atoms with van der Waals surface area (Å²) < 4.78 is 3.59. The van der Waals surface area contributed by atoms with Crippen LogP contribution in [-0.2, 0) is 26.4 Å². The van der Waals surface area contributed by atoms with Crippen molar-refractivity contribution >= 4 is 0 Å². The van der Waals surface area contributed by atoms with E-state index in [0.717, 1.165) is 36.6 Å². The predicted octanol–water partition coefficient (Wildman–Crippen LogP) is 1.26. The summed E-state index contributed by atoms with van der Waals surface area (Å²) in [5.41, 5.74) is 1.81. The van der Waals surface area contributed by atoms with E-state index in [0.29, 0.717) is 6.42 Å². The number of aromatic nitrogens is 5. The van der Waals surface area contributed by atoms with Gasteiger partial charge in [0.2, 0.25) is 0 Å². The molecule has 1 unspecified atom stereocenters. The largest absolute Gasteiger partial charge is 0.386 e. The van der Waals surface area contributed by atoms with Crippen molar-refractivity contribution in [2.24, 2.45) is 7.05 Å². The molecule has 2 rings (SSSR count). The van der Waals surface area contributed by atoms with Crippen molar-refractivity contribution in [1.29, 1.82) is 0 Å². The Morgan fingerprint density at radius 1 is 1.37 bits per heavy atom. The summed E-state index contributed by atoms with van der Waals surface area (Å²) in [6, 6.07) is 1.95. The van der Waals surface area contributed by atoms with Gasteiger partial charge in [-0.05, 0) is 18.9 Å². The zero-order chi connectivity index (χ0) is 13.8. The average Bonchev–Trinajstić information content (AvgIpc) is 2.97. The molecule has 0 amide bonds. The second kappa shape index (κ2) is 5.97. The first-order valence-electron chi connectivity index (χ1n) is 6.73. The minimum Gasteiger partial charge on any atom is -0.386 e. The molecular weight excluding hydrogens is 242 g/mol. The monoisotopic (exact) mass is 263 g/mol. The van der Waals surface area contributed by atoms with Crippen LogP contribution in [-0.4, -0.2) is 29.7 Å². The Morgan fingerprint density at radius 3 is 2.79 bits per heavy atom. The van der Waals surface area contributed by atoms with Crippen molar-refractivity contribution in [1.82, 2.24) is 24.5 Å². The van der Waals surface area contributed by atoms with E-state index in [2.05, 4.69) is 29.0 Å². The van der Waals surface area contributed by atoms with Gasteiger partial charge < -0.3 is 5.11 Å². The van der Waals surface area contributed by atoms with E-state index < -0.39 is 6.10 Å². The van der Waals surface area contributed by atoms with E-state index >= 15 is 0 Å². The molecule has 0 saturated carbocycles. The maximum absolute atomic E-state index is 10.3. The molecule has 104 valence electrons. The summed E-state index contributed by atoms with van der Waals surface area (Å²) in [6.45, 7) is 4.97. The van der Waals surface area contributed by atoms with Crippen LogP contribution in [0.3, 0.4) is 0 Å². The third-order valence-corrected chi connectivity index (χ3v) is 3.18. The molecular formula is C13H21N5O. The summed E-state index contributed by atoms with van der Waals surface area (Å²) >= 11 is 0. The smallest absolute Gasteiger partial charge is 0.138 e. The fourth-order valence-electron chi connectivity index (χ4n) is 2.15. The summed E-state index contributed by atoms with van der Waals surface area (Å²) in [5.74, 6) is 0.814. The molecule has 1 N–H and O–H groups in total. The van der Waals surface area contributed by atoms with Gasteiger partial charge in [0.25, 0.3) is 0 Å². The van der Waals surface area contributed by atoms with E-state index in [1.54, 1.807) is 11.0 Å². The van der Waals surface area contributed by atoms with Crippen LogP contribution in [0, 0.1) is 0 Å². The molecule has 0 aliphatic heterocycles. The zero-order valence-corrected chi connectivity index (χ0v) is 11.7. The third-order valence-electron chi connectivity index (χ3n) is 3.18. The molecule has 0 aliphatic carbocycles. The van der Waals surface area contributed by atoms with Crippen molar-refractivity contribution in [3.8, 4) is 0 Å². The highest BCUT2D eigenvalue weighted by molar-refractivity contribution is 5.14. The highest BCUT2D eigenvalue weighted by atomic mass is 16.3. The van der Waals surface area contributed by atoms with Crippen molar-refractivity contribution in [2.45, 2.75) is 45.8 Å². The quantitative estimate of drug-likeness (QED) is 0.852. The Morgan fingerprint density at radius 2 is 2.16 bits per heavy atom. The first kappa shape index (κ1) is 13.7. The fourth-order valence-corrected chi connectivity index (χ4v) is 2.15. The number of rotatable bonds is 6. The normalized spacial score (nSPS) is 12.8. The molecule has 0 radical (unpaired) electrons. The summed E-state index contributed by atoms with van der Waals surface area (Å²) in [6.07, 6.45) is 3.27. The molecule has 6 heteroatoms. The van der Waals surface area contributed by atoms with Crippen molar-refractivity contribution < 1.29 is 5.11 Å². The molecule has 0 spiro atoms. The molecule has 0 saturated heterocycles. The van der Waals surface area contributed by atoms with Gasteiger partial charge in [0, 0.05) is 20.0 Å². The van der Waals surface area contributed by atoms with Crippen LogP contribution >= 0.6 is 0 Å². The molecule has 0 fully saturated rings. The van der Waals surface area contributed by atoms with Crippen LogP contribution in [0.1, 0.15) is 43.6 Å². The van der Waals surface area contributed by atoms with Crippen molar-refractivity contribution in [2.75, 3.05) is 0 Å². The number of nitrogens with zero attached hydrogens (tertiary/aromatic N) is 5. The lowest BCUT2D eigenvalue weighted by atomic mass is 10.1. The highest BCUT2D eigenvalue weighted by Crippen LogP contribution is 2.18. The van der Waals surface area contributed by atoms with E-state index in [1.807, 2.05) is 17.8 Å². The summed E-state index contributed by atoms with van der Waals surface area (Å²) in [7, 11) is 1.86. The van der Waals surface area contributed by atoms with Crippen LogP contribution in [0.2, 0.25) is 0 Å². The number of hydrogen-bond acceptors (Lipinski definition) is 4. The SMILES string of the molecule is CCCn1ncnc1CC(O)c1cc(CC)nn1C. The first-order chi connectivity index (χ1) is 9.15. The fraction of sp³-hybridized carbons (Fsp3) is 0.615. The lowest BCUT2D eigenvalue weighted by Gasteiger charge is -2.11. The van der Waals surface area contributed by atoms with E-state index in [9.17, 15) is 5.11 Å². The minimum absolute atomic E-state index is 0.461. The second-order valence-electron chi connectivity index (χ2n) is 4.66. The van der Waals surface area contributed by atoms with E-state index in [-0.39, 0.29) is 0 Å². The van der Waals surface area contributed by atoms with Crippen LogP contribution in [0.4, 0.5) is 0 Å². The van der Waals surface area contributed by atoms with E-state index in [1.165, 1.54) is 0 Å². The van der Waals surface area contributed by atoms with Crippen LogP contribution in [0.15, 0.2) is 12.4 Å². The second-order valence-corrected chi connectivity index (χ2v) is 4.66. The van der Waals surface area contributed by atoms with Crippen molar-refractivity contribution in [3.63, 3.8) is 0 Å². The predicted molar refractivity (Wildman–Crippen MR) is 71.6 cm³/mol. The van der Waals surface area contributed by atoms with E-state index in [4.69, 9.17) is 0 Å². The van der Waals surface area contributed by atoms with Gasteiger partial charge in [-0.2, -0.15) is 10.2 Å². The maximum atomic E-state index is 10.3. The first-order valence-corrected chi connectivity index (χ1v) is 6.73. The Kier molecular flexibility index (Phi) is 4.31. The number of aryl methyl sites for hydroxylation is 3. The van der Waals surface area contributed by atoms with Gasteiger partial charge in [-0.15, -0.1) is 0 Å².